The summed E-state index contributed by atoms with van der Waals surface area (Å²) >= 11 is 0. The predicted molar refractivity (Wildman–Crippen MR) is 134 cm³/mol. The number of pyridine rings is 2. The monoisotopic (exact) mass is 469 g/mol. The lowest BCUT2D eigenvalue weighted by molar-refractivity contribution is -0.115. The zero-order valence-corrected chi connectivity index (χ0v) is 20.2. The molecule has 0 bridgehead atoms. The number of fused-ring (bicyclic) bond motifs is 1. The highest BCUT2D eigenvalue weighted by atomic mass is 16.1. The third-order valence-electron chi connectivity index (χ3n) is 7.53. The van der Waals surface area contributed by atoms with E-state index in [4.69, 9.17) is 5.26 Å². The van der Waals surface area contributed by atoms with Gasteiger partial charge in [-0.15, -0.1) is 0 Å². The number of aromatic nitrogens is 2. The number of ketones is 2. The molecule has 2 aromatic rings. The van der Waals surface area contributed by atoms with Crippen molar-refractivity contribution < 1.29 is 9.59 Å². The summed E-state index contributed by atoms with van der Waals surface area (Å²) in [4.78, 5) is 38.5. The minimum absolute atomic E-state index is 0.0736. The summed E-state index contributed by atoms with van der Waals surface area (Å²) in [5.74, 6) is 0.743. The van der Waals surface area contributed by atoms with Crippen LogP contribution in [-0.4, -0.2) is 52.6 Å². The van der Waals surface area contributed by atoms with E-state index in [1.165, 1.54) is 0 Å². The molecule has 0 N–H and O–H groups in total. The number of rotatable bonds is 7. The van der Waals surface area contributed by atoms with Crippen molar-refractivity contribution in [3.05, 3.63) is 58.7 Å². The molecule has 0 radical (unpaired) electrons. The number of hydrogen-bond acceptors (Lipinski definition) is 7. The van der Waals surface area contributed by atoms with E-state index in [0.29, 0.717) is 24.5 Å². The average molecular weight is 470 g/mol. The molecule has 3 aliphatic rings. The number of hydrogen-bond donors (Lipinski definition) is 0. The largest absolute Gasteiger partial charge is 0.368 e. The maximum atomic E-state index is 12.5. The minimum atomic E-state index is 0.0736. The quantitative estimate of drug-likeness (QED) is 0.569. The van der Waals surface area contributed by atoms with Crippen molar-refractivity contribution in [3.8, 4) is 6.07 Å². The summed E-state index contributed by atoms with van der Waals surface area (Å²) in [6.45, 7) is 6.48. The first kappa shape index (κ1) is 23.4. The van der Waals surface area contributed by atoms with Crippen LogP contribution in [0.4, 0.5) is 5.69 Å². The van der Waals surface area contributed by atoms with E-state index >= 15 is 0 Å². The molecule has 7 nitrogen and oxygen atoms in total. The maximum absolute atomic E-state index is 12.5. The van der Waals surface area contributed by atoms with Crippen molar-refractivity contribution in [2.75, 3.05) is 31.1 Å². The van der Waals surface area contributed by atoms with Gasteiger partial charge in [0.2, 0.25) is 0 Å². The van der Waals surface area contributed by atoms with Gasteiger partial charge in [0.15, 0.2) is 11.6 Å². The van der Waals surface area contributed by atoms with Crippen LogP contribution in [0.3, 0.4) is 0 Å². The van der Waals surface area contributed by atoms with Crippen LogP contribution >= 0.6 is 0 Å². The van der Waals surface area contributed by atoms with Gasteiger partial charge in [0.1, 0.15) is 5.69 Å². The Morgan fingerprint density at radius 3 is 2.63 bits per heavy atom. The zero-order chi connectivity index (χ0) is 24.4. The van der Waals surface area contributed by atoms with Gasteiger partial charge in [0.25, 0.3) is 0 Å². The van der Waals surface area contributed by atoms with Gasteiger partial charge in [-0.1, -0.05) is 13.0 Å². The van der Waals surface area contributed by atoms with Crippen LogP contribution in [0.2, 0.25) is 0 Å². The summed E-state index contributed by atoms with van der Waals surface area (Å²) in [7, 11) is 0. The number of nitriles is 1. The van der Waals surface area contributed by atoms with Crippen LogP contribution < -0.4 is 4.90 Å². The molecule has 3 heterocycles. The average Bonchev–Trinajstić information content (AvgIpc) is 2.86. The van der Waals surface area contributed by atoms with Gasteiger partial charge < -0.3 is 4.90 Å². The molecule has 0 aromatic carbocycles. The summed E-state index contributed by atoms with van der Waals surface area (Å²) in [5.41, 5.74) is 5.55. The van der Waals surface area contributed by atoms with Gasteiger partial charge >= 0.3 is 0 Å². The lowest BCUT2D eigenvalue weighted by atomic mass is 9.73. The molecule has 5 rings (SSSR count). The molecular formula is C28H31N5O2. The van der Waals surface area contributed by atoms with Crippen molar-refractivity contribution >= 4 is 23.3 Å². The predicted octanol–water partition coefficient (Wildman–Crippen LogP) is 3.84. The summed E-state index contributed by atoms with van der Waals surface area (Å²) < 4.78 is 0. The molecule has 0 amide bonds. The molecule has 180 valence electrons. The van der Waals surface area contributed by atoms with E-state index in [2.05, 4.69) is 31.9 Å². The first-order chi connectivity index (χ1) is 17.0. The molecule has 7 heteroatoms. The summed E-state index contributed by atoms with van der Waals surface area (Å²) in [6, 6.07) is 8.24. The van der Waals surface area contributed by atoms with Crippen molar-refractivity contribution in [2.45, 2.75) is 45.6 Å². The Morgan fingerprint density at radius 1 is 1.14 bits per heavy atom. The molecule has 35 heavy (non-hydrogen) atoms. The highest BCUT2D eigenvalue weighted by Gasteiger charge is 2.31. The highest BCUT2D eigenvalue weighted by molar-refractivity contribution is 6.03. The van der Waals surface area contributed by atoms with Crippen molar-refractivity contribution in [1.29, 1.82) is 5.26 Å². The Kier molecular flexibility index (Phi) is 6.74. The number of carbonyl (C=O) groups excluding carboxylic acids is 2. The lowest BCUT2D eigenvalue weighted by Gasteiger charge is -2.36. The second-order valence-corrected chi connectivity index (χ2v) is 9.97. The van der Waals surface area contributed by atoms with E-state index in [-0.39, 0.29) is 17.5 Å². The van der Waals surface area contributed by atoms with Crippen LogP contribution in [0.15, 0.2) is 36.2 Å². The molecular weight excluding hydrogens is 438 g/mol. The molecule has 1 saturated carbocycles. The third kappa shape index (κ3) is 5.18. The second-order valence-electron chi connectivity index (χ2n) is 9.97. The number of allylic oxidation sites excluding steroid dienone is 1. The number of anilines is 1. The number of Topliss-reactive ketones (excluding diaryl/α,β-unsaturated/α-hetero) is 2. The van der Waals surface area contributed by atoms with Gasteiger partial charge in [-0.05, 0) is 60.1 Å². The molecule has 1 aliphatic heterocycles. The Bertz CT molecular complexity index is 1180. The first-order valence-electron chi connectivity index (χ1n) is 12.6. The zero-order valence-electron chi connectivity index (χ0n) is 20.2. The minimum Gasteiger partial charge on any atom is -0.368 e. The fraction of sp³-hybridized carbons (Fsp3) is 0.464. The fourth-order valence-corrected chi connectivity index (χ4v) is 5.29. The maximum Gasteiger partial charge on any atom is 0.181 e. The van der Waals surface area contributed by atoms with E-state index in [0.717, 1.165) is 80.1 Å². The van der Waals surface area contributed by atoms with E-state index < -0.39 is 0 Å². The Balaban J connectivity index is 1.12. The molecule has 2 aliphatic carbocycles. The Labute approximate surface area is 206 Å². The van der Waals surface area contributed by atoms with Crippen LogP contribution in [0, 0.1) is 23.2 Å². The molecule has 0 spiro atoms. The fourth-order valence-electron chi connectivity index (χ4n) is 5.29. The van der Waals surface area contributed by atoms with E-state index in [1.54, 1.807) is 0 Å². The van der Waals surface area contributed by atoms with E-state index in [9.17, 15) is 9.59 Å². The lowest BCUT2D eigenvalue weighted by Crippen LogP contribution is -2.46. The molecule has 0 atom stereocenters. The highest BCUT2D eigenvalue weighted by Crippen LogP contribution is 2.36. The SMILES string of the molecule is CCC1=Cc2ncc(CN3CCN(c4ccc(C(=O)CC5CC(C#N)C5)nc4)CC3)cc2CC1=O. The van der Waals surface area contributed by atoms with Crippen LogP contribution in [0.25, 0.3) is 6.08 Å². The van der Waals surface area contributed by atoms with Gasteiger partial charge in [0, 0.05) is 57.7 Å². The Morgan fingerprint density at radius 2 is 1.94 bits per heavy atom. The third-order valence-corrected chi connectivity index (χ3v) is 7.53. The molecule has 2 aromatic heterocycles. The van der Waals surface area contributed by atoms with Crippen molar-refractivity contribution in [3.63, 3.8) is 0 Å². The summed E-state index contributed by atoms with van der Waals surface area (Å²) in [5, 5.41) is 8.90. The molecule has 1 saturated heterocycles. The normalized spacial score (nSPS) is 22.1. The smallest absolute Gasteiger partial charge is 0.181 e. The van der Waals surface area contributed by atoms with Crippen LogP contribution in [0.5, 0.6) is 0 Å². The van der Waals surface area contributed by atoms with Gasteiger partial charge in [-0.2, -0.15) is 5.26 Å². The first-order valence-corrected chi connectivity index (χ1v) is 12.6. The summed E-state index contributed by atoms with van der Waals surface area (Å²) in [6.07, 6.45) is 9.06. The topological polar surface area (TPSA) is 90.2 Å². The second kappa shape index (κ2) is 10.1. The van der Waals surface area contributed by atoms with Crippen LogP contribution in [-0.2, 0) is 17.8 Å². The van der Waals surface area contributed by atoms with Crippen molar-refractivity contribution in [1.82, 2.24) is 14.9 Å². The van der Waals surface area contributed by atoms with Crippen molar-refractivity contribution in [2.24, 2.45) is 11.8 Å². The van der Waals surface area contributed by atoms with Crippen LogP contribution in [0.1, 0.15) is 59.9 Å². The molecule has 2 fully saturated rings. The van der Waals surface area contributed by atoms with Gasteiger partial charge in [-0.3, -0.25) is 24.5 Å². The Hall–Kier alpha value is -3.37. The number of nitrogens with zero attached hydrogens (tertiary/aromatic N) is 5. The van der Waals surface area contributed by atoms with Gasteiger partial charge in [0.05, 0.1) is 23.6 Å². The van der Waals surface area contributed by atoms with Gasteiger partial charge in [-0.25, -0.2) is 0 Å². The standard InChI is InChI=1S/C28H31N5O2/c1-2-22-13-26-23(14-27(22)34)11-21(16-30-26)18-32-5-7-33(8-6-32)24-3-4-25(31-17-24)28(35)12-19-9-20(10-19)15-29/h3-4,11,13,16-17,19-20H,2,5-10,12,14,18H2,1H3. The van der Waals surface area contributed by atoms with E-state index in [1.807, 2.05) is 37.5 Å². The molecule has 0 unspecified atom stereocenters. The number of piperazine rings is 1. The number of carbonyl (C=O) groups is 2.